The zero-order chi connectivity index (χ0) is 14.7. The summed E-state index contributed by atoms with van der Waals surface area (Å²) >= 11 is 5.97. The van der Waals surface area contributed by atoms with Crippen LogP contribution >= 0.6 is 11.6 Å². The number of rotatable bonds is 3. The number of aryl methyl sites for hydroxylation is 1. The van der Waals surface area contributed by atoms with Gasteiger partial charge in [-0.1, -0.05) is 17.7 Å². The summed E-state index contributed by atoms with van der Waals surface area (Å²) in [5.74, 6) is -1.53. The van der Waals surface area contributed by atoms with E-state index in [1.54, 1.807) is 12.1 Å². The summed E-state index contributed by atoms with van der Waals surface area (Å²) in [6.45, 7) is 1.88. The molecule has 2 N–H and O–H groups in total. The fourth-order valence-corrected chi connectivity index (χ4v) is 1.69. The van der Waals surface area contributed by atoms with Gasteiger partial charge in [0, 0.05) is 5.02 Å². The molecule has 0 saturated heterocycles. The average molecular weight is 291 g/mol. The molecule has 0 fully saturated rings. The fraction of sp³-hybridized carbons (Fsp3) is 0.0714. The maximum absolute atomic E-state index is 10.9. The lowest BCUT2D eigenvalue weighted by Crippen LogP contribution is -1.95. The number of aromatic hydroxyl groups is 1. The number of carboxylic acid groups (broad SMARTS) is 1. The van der Waals surface area contributed by atoms with Crippen LogP contribution in [0.25, 0.3) is 0 Å². The van der Waals surface area contributed by atoms with E-state index in [0.29, 0.717) is 16.4 Å². The van der Waals surface area contributed by atoms with Crippen molar-refractivity contribution in [3.8, 4) is 5.75 Å². The molecule has 102 valence electrons. The van der Waals surface area contributed by atoms with Crippen molar-refractivity contribution in [2.45, 2.75) is 6.92 Å². The first-order chi connectivity index (χ1) is 9.47. The number of benzene rings is 2. The van der Waals surface area contributed by atoms with E-state index in [-0.39, 0.29) is 11.3 Å². The third-order valence-corrected chi connectivity index (χ3v) is 3.05. The molecule has 6 heteroatoms. The SMILES string of the molecule is Cc1ccc(N=Nc2ccc(O)c(C(=O)O)c2)cc1Cl. The number of halogens is 1. The van der Waals surface area contributed by atoms with E-state index in [1.807, 2.05) is 13.0 Å². The molecule has 2 aromatic rings. The molecule has 0 radical (unpaired) electrons. The molecule has 5 nitrogen and oxygen atoms in total. The summed E-state index contributed by atoms with van der Waals surface area (Å²) in [6, 6.07) is 9.22. The van der Waals surface area contributed by atoms with Crippen LogP contribution in [-0.4, -0.2) is 16.2 Å². The topological polar surface area (TPSA) is 82.2 Å². The van der Waals surface area contributed by atoms with E-state index in [1.165, 1.54) is 18.2 Å². The van der Waals surface area contributed by atoms with Gasteiger partial charge in [-0.05, 0) is 42.8 Å². The summed E-state index contributed by atoms with van der Waals surface area (Å²) in [7, 11) is 0. The minimum atomic E-state index is -1.22. The Balaban J connectivity index is 2.29. The largest absolute Gasteiger partial charge is 0.507 e. The van der Waals surface area contributed by atoms with E-state index >= 15 is 0 Å². The Kier molecular flexibility index (Phi) is 4.00. The highest BCUT2D eigenvalue weighted by Crippen LogP contribution is 2.27. The molecule has 0 unspecified atom stereocenters. The Labute approximate surface area is 120 Å². The van der Waals surface area contributed by atoms with Crippen LogP contribution in [0.2, 0.25) is 5.02 Å². The number of phenols is 1. The number of nitrogens with zero attached hydrogens (tertiary/aromatic N) is 2. The minimum absolute atomic E-state index is 0.219. The first kappa shape index (κ1) is 14.0. The molecule has 0 heterocycles. The van der Waals surface area contributed by atoms with Gasteiger partial charge in [0.05, 0.1) is 11.4 Å². The molecule has 0 saturated carbocycles. The van der Waals surface area contributed by atoms with E-state index in [2.05, 4.69) is 10.2 Å². The molecule has 0 aliphatic heterocycles. The number of carboxylic acids is 1. The van der Waals surface area contributed by atoms with Crippen molar-refractivity contribution in [3.05, 3.63) is 52.5 Å². The van der Waals surface area contributed by atoms with Crippen molar-refractivity contribution >= 4 is 28.9 Å². The molecule has 0 spiro atoms. The number of hydrogen-bond acceptors (Lipinski definition) is 4. The van der Waals surface area contributed by atoms with Gasteiger partial charge in [-0.15, -0.1) is 0 Å². The Morgan fingerprint density at radius 2 is 1.70 bits per heavy atom. The lowest BCUT2D eigenvalue weighted by molar-refractivity contribution is 0.0694. The van der Waals surface area contributed by atoms with Crippen LogP contribution in [0, 0.1) is 6.92 Å². The lowest BCUT2D eigenvalue weighted by atomic mass is 10.2. The molecule has 0 amide bonds. The van der Waals surface area contributed by atoms with Crippen molar-refractivity contribution in [1.29, 1.82) is 0 Å². The lowest BCUT2D eigenvalue weighted by Gasteiger charge is -2.00. The van der Waals surface area contributed by atoms with Gasteiger partial charge in [0.2, 0.25) is 0 Å². The Hall–Kier alpha value is -2.40. The van der Waals surface area contributed by atoms with E-state index in [4.69, 9.17) is 16.7 Å². The van der Waals surface area contributed by atoms with E-state index < -0.39 is 5.97 Å². The van der Waals surface area contributed by atoms with Gasteiger partial charge >= 0.3 is 5.97 Å². The fourth-order valence-electron chi connectivity index (χ4n) is 1.52. The molecule has 2 rings (SSSR count). The molecule has 0 aromatic heterocycles. The summed E-state index contributed by atoms with van der Waals surface area (Å²) in [4.78, 5) is 10.9. The van der Waals surface area contributed by atoms with Crippen LogP contribution in [0.3, 0.4) is 0 Å². The Bertz CT molecular complexity index is 699. The van der Waals surface area contributed by atoms with Gasteiger partial charge in [0.25, 0.3) is 0 Å². The number of carbonyl (C=O) groups is 1. The predicted molar refractivity (Wildman–Crippen MR) is 75.4 cm³/mol. The number of hydrogen-bond donors (Lipinski definition) is 2. The molecule has 0 aliphatic rings. The molecule has 0 aliphatic carbocycles. The quantitative estimate of drug-likeness (QED) is 0.818. The molecular formula is C14H11ClN2O3. The van der Waals surface area contributed by atoms with Crippen molar-refractivity contribution in [2.24, 2.45) is 10.2 Å². The minimum Gasteiger partial charge on any atom is -0.507 e. The van der Waals surface area contributed by atoms with Crippen molar-refractivity contribution in [3.63, 3.8) is 0 Å². The van der Waals surface area contributed by atoms with Crippen LogP contribution < -0.4 is 0 Å². The molecule has 0 bridgehead atoms. The highest BCUT2D eigenvalue weighted by Gasteiger charge is 2.09. The average Bonchev–Trinajstić information content (AvgIpc) is 2.41. The first-order valence-electron chi connectivity index (χ1n) is 5.71. The molecular weight excluding hydrogens is 280 g/mol. The van der Waals surface area contributed by atoms with Gasteiger partial charge in [0.15, 0.2) is 0 Å². The molecule has 20 heavy (non-hydrogen) atoms. The zero-order valence-corrected chi connectivity index (χ0v) is 11.3. The van der Waals surface area contributed by atoms with E-state index in [9.17, 15) is 9.90 Å². The van der Waals surface area contributed by atoms with Gasteiger partial charge < -0.3 is 10.2 Å². The van der Waals surface area contributed by atoms with Gasteiger partial charge in [-0.2, -0.15) is 10.2 Å². The Morgan fingerprint density at radius 1 is 1.10 bits per heavy atom. The Morgan fingerprint density at radius 3 is 2.30 bits per heavy atom. The first-order valence-corrected chi connectivity index (χ1v) is 6.09. The van der Waals surface area contributed by atoms with Crippen LogP contribution in [-0.2, 0) is 0 Å². The van der Waals surface area contributed by atoms with Crippen molar-refractivity contribution in [1.82, 2.24) is 0 Å². The van der Waals surface area contributed by atoms with E-state index in [0.717, 1.165) is 5.56 Å². The number of azo groups is 1. The van der Waals surface area contributed by atoms with Crippen LogP contribution in [0.1, 0.15) is 15.9 Å². The predicted octanol–water partition coefficient (Wildman–Crippen LogP) is 4.47. The van der Waals surface area contributed by atoms with Crippen molar-refractivity contribution in [2.75, 3.05) is 0 Å². The third-order valence-electron chi connectivity index (χ3n) is 2.65. The van der Waals surface area contributed by atoms with Crippen LogP contribution in [0.15, 0.2) is 46.6 Å². The summed E-state index contributed by atoms with van der Waals surface area (Å²) < 4.78 is 0. The highest BCUT2D eigenvalue weighted by atomic mass is 35.5. The monoisotopic (exact) mass is 290 g/mol. The molecule has 0 atom stereocenters. The maximum Gasteiger partial charge on any atom is 0.339 e. The van der Waals surface area contributed by atoms with Crippen LogP contribution in [0.5, 0.6) is 5.75 Å². The van der Waals surface area contributed by atoms with Crippen molar-refractivity contribution < 1.29 is 15.0 Å². The second-order valence-corrected chi connectivity index (χ2v) is 4.55. The van der Waals surface area contributed by atoms with Crippen LogP contribution in [0.4, 0.5) is 11.4 Å². The molecule has 2 aromatic carbocycles. The third kappa shape index (κ3) is 3.13. The standard InChI is InChI=1S/C14H11ClN2O3/c1-8-2-3-10(7-12(8)15)17-16-9-4-5-13(18)11(6-9)14(19)20/h2-7,18H,1H3,(H,19,20). The van der Waals surface area contributed by atoms with Gasteiger partial charge in [0.1, 0.15) is 11.3 Å². The maximum atomic E-state index is 10.9. The summed E-state index contributed by atoms with van der Waals surface area (Å²) in [6.07, 6.45) is 0. The highest BCUT2D eigenvalue weighted by molar-refractivity contribution is 6.31. The second-order valence-electron chi connectivity index (χ2n) is 4.14. The second kappa shape index (κ2) is 5.71. The zero-order valence-electron chi connectivity index (χ0n) is 10.5. The van der Waals surface area contributed by atoms with Gasteiger partial charge in [-0.3, -0.25) is 0 Å². The normalized spacial score (nSPS) is 10.9. The smallest absolute Gasteiger partial charge is 0.339 e. The van der Waals surface area contributed by atoms with Gasteiger partial charge in [-0.25, -0.2) is 4.79 Å². The summed E-state index contributed by atoms with van der Waals surface area (Å²) in [5, 5.41) is 26.8. The summed E-state index contributed by atoms with van der Waals surface area (Å²) in [5.41, 5.74) is 1.61. The number of aromatic carboxylic acids is 1.